The van der Waals surface area contributed by atoms with Crippen LogP contribution in [0.3, 0.4) is 0 Å². The fourth-order valence-electron chi connectivity index (χ4n) is 5.96. The first kappa shape index (κ1) is 20.5. The number of fused-ring (bicyclic) bond motifs is 4. The van der Waals surface area contributed by atoms with Gasteiger partial charge in [0.25, 0.3) is 0 Å². The van der Waals surface area contributed by atoms with Crippen LogP contribution in [0.15, 0.2) is 91.0 Å². The zero-order valence-corrected chi connectivity index (χ0v) is 18.9. The largest absolute Gasteiger partial charge is 0.324 e. The summed E-state index contributed by atoms with van der Waals surface area (Å²) in [5.74, 6) is 0.991. The van der Waals surface area contributed by atoms with Crippen LogP contribution in [0.1, 0.15) is 22.6 Å². The number of thioether (sulfide) groups is 1. The molecule has 0 aromatic heterocycles. The van der Waals surface area contributed by atoms with Gasteiger partial charge in [0, 0.05) is 34.8 Å². The van der Waals surface area contributed by atoms with E-state index in [4.69, 9.17) is 0 Å². The minimum Gasteiger partial charge on any atom is -0.324 e. The van der Waals surface area contributed by atoms with E-state index in [1.54, 1.807) is 6.08 Å². The number of hydrogen-bond acceptors (Lipinski definition) is 4. The summed E-state index contributed by atoms with van der Waals surface area (Å²) < 4.78 is 0. The summed E-state index contributed by atoms with van der Waals surface area (Å²) in [5.41, 5.74) is 2.84. The first-order chi connectivity index (χ1) is 16.2. The molecule has 0 aliphatic carbocycles. The molecule has 6 rings (SSSR count). The highest BCUT2D eigenvalue weighted by molar-refractivity contribution is 7.99. The zero-order valence-electron chi connectivity index (χ0n) is 18.1. The van der Waals surface area contributed by atoms with Gasteiger partial charge < -0.3 is 5.32 Å². The molecule has 1 amide bonds. The summed E-state index contributed by atoms with van der Waals surface area (Å²) in [7, 11) is 0. The summed E-state index contributed by atoms with van der Waals surface area (Å²) >= 11 is 1.84. The highest BCUT2D eigenvalue weighted by atomic mass is 32.2. The maximum Gasteiger partial charge on any atom is 0.250 e. The number of carbonyl (C=O) groups excluding carboxylic acids is 2. The number of hydrogen-bond donors (Lipinski definition) is 1. The van der Waals surface area contributed by atoms with E-state index in [2.05, 4.69) is 22.3 Å². The molecule has 2 saturated heterocycles. The molecule has 3 heterocycles. The average molecular weight is 453 g/mol. The Morgan fingerprint density at radius 2 is 1.67 bits per heavy atom. The van der Waals surface area contributed by atoms with Gasteiger partial charge in [-0.25, -0.2) is 0 Å². The molecule has 5 heteroatoms. The lowest BCUT2D eigenvalue weighted by atomic mass is 9.70. The number of rotatable bonds is 4. The fraction of sp³-hybridized carbons (Fsp3) is 0.214. The van der Waals surface area contributed by atoms with Gasteiger partial charge in [0.15, 0.2) is 5.78 Å². The SMILES string of the molecule is O=C(/C=C/c1ccccc1)[C@@H]1[C@@H](c2ccccc2)[C@@H]2CSCN2C12C(=O)Nc1ccccc12. The predicted octanol–water partition coefficient (Wildman–Crippen LogP) is 4.91. The van der Waals surface area contributed by atoms with Crippen LogP contribution in [0.25, 0.3) is 6.08 Å². The van der Waals surface area contributed by atoms with Crippen LogP contribution in [0.5, 0.6) is 0 Å². The van der Waals surface area contributed by atoms with Crippen molar-refractivity contribution in [1.82, 2.24) is 4.90 Å². The second-order valence-electron chi connectivity index (χ2n) is 8.86. The lowest BCUT2D eigenvalue weighted by molar-refractivity contribution is -0.134. The number of carbonyl (C=O) groups is 2. The molecular formula is C28H24N2O2S. The van der Waals surface area contributed by atoms with E-state index in [9.17, 15) is 9.59 Å². The van der Waals surface area contributed by atoms with E-state index >= 15 is 0 Å². The van der Waals surface area contributed by atoms with Gasteiger partial charge in [-0.05, 0) is 23.3 Å². The van der Waals surface area contributed by atoms with Crippen LogP contribution in [0.4, 0.5) is 5.69 Å². The van der Waals surface area contributed by atoms with Crippen LogP contribution in [0.2, 0.25) is 0 Å². The summed E-state index contributed by atoms with van der Waals surface area (Å²) in [6.45, 7) is 0. The van der Waals surface area contributed by atoms with Crippen LogP contribution < -0.4 is 5.32 Å². The molecule has 3 aliphatic heterocycles. The summed E-state index contributed by atoms with van der Waals surface area (Å²) in [6, 6.07) is 28.1. The molecule has 3 aliphatic rings. The van der Waals surface area contributed by atoms with Gasteiger partial charge in [0.2, 0.25) is 5.91 Å². The molecule has 2 fully saturated rings. The monoisotopic (exact) mass is 452 g/mol. The lowest BCUT2D eigenvalue weighted by Crippen LogP contribution is -2.52. The molecule has 0 saturated carbocycles. The van der Waals surface area contributed by atoms with Crippen LogP contribution in [0, 0.1) is 5.92 Å². The smallest absolute Gasteiger partial charge is 0.250 e. The summed E-state index contributed by atoms with van der Waals surface area (Å²) in [5, 5.41) is 3.11. The Balaban J connectivity index is 1.54. The Morgan fingerprint density at radius 3 is 2.45 bits per heavy atom. The molecule has 0 radical (unpaired) electrons. The van der Waals surface area contributed by atoms with E-state index < -0.39 is 11.5 Å². The minimum atomic E-state index is -0.997. The molecule has 1 spiro atoms. The summed E-state index contributed by atoms with van der Waals surface area (Å²) in [6.07, 6.45) is 3.55. The Hall–Kier alpha value is -3.15. The fourth-order valence-corrected chi connectivity index (χ4v) is 7.28. The number of nitrogens with one attached hydrogen (secondary N) is 1. The van der Waals surface area contributed by atoms with Gasteiger partial charge in [0.1, 0.15) is 5.54 Å². The van der Waals surface area contributed by atoms with Gasteiger partial charge in [-0.3, -0.25) is 14.5 Å². The van der Waals surface area contributed by atoms with E-state index in [0.717, 1.165) is 34.0 Å². The quantitative estimate of drug-likeness (QED) is 0.572. The van der Waals surface area contributed by atoms with Gasteiger partial charge in [-0.15, -0.1) is 11.8 Å². The molecular weight excluding hydrogens is 428 g/mol. The number of para-hydroxylation sites is 1. The Labute approximate surface area is 197 Å². The maximum atomic E-state index is 14.0. The van der Waals surface area contributed by atoms with Crippen molar-refractivity contribution in [3.63, 3.8) is 0 Å². The molecule has 4 nitrogen and oxygen atoms in total. The molecule has 1 unspecified atom stereocenters. The van der Waals surface area contributed by atoms with Crippen molar-refractivity contribution in [2.24, 2.45) is 5.92 Å². The second kappa shape index (κ2) is 8.01. The standard InChI is InChI=1S/C28H24N2O2S/c31-24(16-15-19-9-3-1-4-10-19)26-25(20-11-5-2-6-12-20)23-17-33-18-30(23)28(26)21-13-7-8-14-22(21)29-27(28)32/h1-16,23,25-26H,17-18H2,(H,29,32)/b16-15+/t23-,25-,26+,28?/m0/s1. The number of anilines is 1. The number of amides is 1. The number of benzene rings is 3. The third kappa shape index (κ3) is 3.03. The van der Waals surface area contributed by atoms with Crippen LogP contribution >= 0.6 is 11.8 Å². The molecule has 4 atom stereocenters. The highest BCUT2D eigenvalue weighted by Gasteiger charge is 2.69. The first-order valence-corrected chi connectivity index (χ1v) is 12.4. The molecule has 3 aromatic rings. The van der Waals surface area contributed by atoms with Crippen LogP contribution in [-0.4, -0.2) is 34.3 Å². The summed E-state index contributed by atoms with van der Waals surface area (Å²) in [4.78, 5) is 30.2. The van der Waals surface area contributed by atoms with Crippen molar-refractivity contribution in [3.8, 4) is 0 Å². The zero-order chi connectivity index (χ0) is 22.4. The van der Waals surface area contributed by atoms with Crippen molar-refractivity contribution >= 4 is 35.2 Å². The van der Waals surface area contributed by atoms with Gasteiger partial charge in [-0.1, -0.05) is 84.9 Å². The number of nitrogens with zero attached hydrogens (tertiary/aromatic N) is 1. The predicted molar refractivity (Wildman–Crippen MR) is 133 cm³/mol. The lowest BCUT2D eigenvalue weighted by Gasteiger charge is -2.36. The molecule has 33 heavy (non-hydrogen) atoms. The van der Waals surface area contributed by atoms with Crippen molar-refractivity contribution in [2.75, 3.05) is 16.9 Å². The number of ketones is 1. The molecule has 0 bridgehead atoms. The third-order valence-electron chi connectivity index (χ3n) is 7.26. The average Bonchev–Trinajstić information content (AvgIpc) is 3.52. The molecule has 1 N–H and O–H groups in total. The first-order valence-electron chi connectivity index (χ1n) is 11.3. The van der Waals surface area contributed by atoms with Gasteiger partial charge >= 0.3 is 0 Å². The third-order valence-corrected chi connectivity index (χ3v) is 8.30. The molecule has 3 aromatic carbocycles. The van der Waals surface area contributed by atoms with Crippen LogP contribution in [-0.2, 0) is 15.1 Å². The maximum absolute atomic E-state index is 14.0. The molecule has 164 valence electrons. The Morgan fingerprint density at radius 1 is 0.970 bits per heavy atom. The van der Waals surface area contributed by atoms with E-state index in [1.807, 2.05) is 90.6 Å². The van der Waals surface area contributed by atoms with Crippen molar-refractivity contribution < 1.29 is 9.59 Å². The Bertz CT molecular complexity index is 1240. The normalized spacial score (nSPS) is 28.2. The van der Waals surface area contributed by atoms with E-state index in [-0.39, 0.29) is 23.7 Å². The van der Waals surface area contributed by atoms with Crippen molar-refractivity contribution in [3.05, 3.63) is 108 Å². The Kier molecular flexibility index (Phi) is 4.97. The second-order valence-corrected chi connectivity index (χ2v) is 9.86. The van der Waals surface area contributed by atoms with E-state index in [0.29, 0.717) is 0 Å². The van der Waals surface area contributed by atoms with Gasteiger partial charge in [-0.2, -0.15) is 0 Å². The minimum absolute atomic E-state index is 0.000964. The van der Waals surface area contributed by atoms with Crippen molar-refractivity contribution in [1.29, 1.82) is 0 Å². The van der Waals surface area contributed by atoms with Crippen molar-refractivity contribution in [2.45, 2.75) is 17.5 Å². The van der Waals surface area contributed by atoms with E-state index in [1.165, 1.54) is 0 Å². The topological polar surface area (TPSA) is 49.4 Å². The number of allylic oxidation sites excluding steroid dienone is 1. The highest BCUT2D eigenvalue weighted by Crippen LogP contribution is 2.60. The van der Waals surface area contributed by atoms with Gasteiger partial charge in [0.05, 0.1) is 5.92 Å².